The molecular formula is C16H13Cl2FN2O3S. The van der Waals surface area contributed by atoms with Gasteiger partial charge in [0, 0.05) is 19.0 Å². The van der Waals surface area contributed by atoms with Gasteiger partial charge in [0.05, 0.1) is 26.3 Å². The number of anilines is 2. The third-order valence-electron chi connectivity index (χ3n) is 3.77. The molecule has 1 N–H and O–H groups in total. The minimum absolute atomic E-state index is 0.0407. The van der Waals surface area contributed by atoms with Gasteiger partial charge in [0.25, 0.3) is 10.0 Å². The van der Waals surface area contributed by atoms with Crippen molar-refractivity contribution >= 4 is 50.5 Å². The van der Waals surface area contributed by atoms with Crippen molar-refractivity contribution < 1.29 is 17.6 Å². The number of carbonyl (C=O) groups excluding carboxylic acids is 1. The quantitative estimate of drug-likeness (QED) is 0.838. The summed E-state index contributed by atoms with van der Waals surface area (Å²) in [7, 11) is -3.95. The molecule has 0 aromatic heterocycles. The Hall–Kier alpha value is -1.83. The van der Waals surface area contributed by atoms with E-state index in [0.29, 0.717) is 19.4 Å². The summed E-state index contributed by atoms with van der Waals surface area (Å²) in [6.07, 6.45) is 1.05. The van der Waals surface area contributed by atoms with Crippen LogP contribution in [0.4, 0.5) is 15.8 Å². The molecule has 2 aromatic rings. The highest BCUT2D eigenvalue weighted by atomic mass is 35.5. The standard InChI is InChI=1S/C16H13Cl2FN2O3S/c17-12-5-4-11(9-13(12)18)25(23,24)20-10-3-6-15(14(19)8-10)21-7-1-2-16(21)22/h3-6,8-9,20H,1-2,7H2. The van der Waals surface area contributed by atoms with Crippen molar-refractivity contribution in [1.82, 2.24) is 0 Å². The SMILES string of the molecule is O=C1CCCN1c1ccc(NS(=O)(=O)c2ccc(Cl)c(Cl)c2)cc1F. The molecule has 1 aliphatic heterocycles. The van der Waals surface area contributed by atoms with E-state index in [2.05, 4.69) is 4.72 Å². The van der Waals surface area contributed by atoms with Crippen molar-refractivity contribution in [3.8, 4) is 0 Å². The van der Waals surface area contributed by atoms with E-state index in [-0.39, 0.29) is 32.2 Å². The molecule has 132 valence electrons. The number of halogens is 3. The third kappa shape index (κ3) is 3.73. The van der Waals surface area contributed by atoms with Gasteiger partial charge in [-0.25, -0.2) is 12.8 Å². The summed E-state index contributed by atoms with van der Waals surface area (Å²) in [5.41, 5.74) is 0.180. The van der Waals surface area contributed by atoms with Gasteiger partial charge in [0.2, 0.25) is 5.91 Å². The lowest BCUT2D eigenvalue weighted by Gasteiger charge is -2.17. The molecule has 1 amide bonds. The fourth-order valence-electron chi connectivity index (χ4n) is 2.55. The summed E-state index contributed by atoms with van der Waals surface area (Å²) in [4.78, 5) is 13.0. The van der Waals surface area contributed by atoms with Crippen LogP contribution in [0.2, 0.25) is 10.0 Å². The number of nitrogens with one attached hydrogen (secondary N) is 1. The molecule has 0 bridgehead atoms. The van der Waals surface area contributed by atoms with E-state index < -0.39 is 15.8 Å². The molecule has 2 aromatic carbocycles. The molecule has 1 fully saturated rings. The van der Waals surface area contributed by atoms with Crippen LogP contribution in [-0.4, -0.2) is 20.9 Å². The van der Waals surface area contributed by atoms with Crippen molar-refractivity contribution in [1.29, 1.82) is 0 Å². The molecule has 0 radical (unpaired) electrons. The predicted octanol–water partition coefficient (Wildman–Crippen LogP) is 4.06. The summed E-state index contributed by atoms with van der Waals surface area (Å²) in [5.74, 6) is -0.826. The second kappa shape index (κ2) is 6.82. The lowest BCUT2D eigenvalue weighted by atomic mass is 10.2. The van der Waals surface area contributed by atoms with E-state index in [1.54, 1.807) is 0 Å². The minimum atomic E-state index is -3.95. The fraction of sp³-hybridized carbons (Fsp3) is 0.188. The Morgan fingerprint density at radius 2 is 1.84 bits per heavy atom. The van der Waals surface area contributed by atoms with Crippen LogP contribution in [0.3, 0.4) is 0 Å². The summed E-state index contributed by atoms with van der Waals surface area (Å²) in [6.45, 7) is 0.449. The number of hydrogen-bond acceptors (Lipinski definition) is 3. The number of rotatable bonds is 4. The number of nitrogens with zero attached hydrogens (tertiary/aromatic N) is 1. The van der Waals surface area contributed by atoms with Gasteiger partial charge in [-0.15, -0.1) is 0 Å². The molecule has 0 unspecified atom stereocenters. The highest BCUT2D eigenvalue weighted by Crippen LogP contribution is 2.29. The first-order valence-corrected chi connectivity index (χ1v) is 9.59. The van der Waals surface area contributed by atoms with Gasteiger partial charge >= 0.3 is 0 Å². The highest BCUT2D eigenvalue weighted by molar-refractivity contribution is 7.92. The fourth-order valence-corrected chi connectivity index (χ4v) is 3.99. The van der Waals surface area contributed by atoms with E-state index in [1.165, 1.54) is 35.2 Å². The van der Waals surface area contributed by atoms with Crippen molar-refractivity contribution in [2.45, 2.75) is 17.7 Å². The van der Waals surface area contributed by atoms with Crippen LogP contribution < -0.4 is 9.62 Å². The van der Waals surface area contributed by atoms with Gasteiger partial charge in [0.15, 0.2) is 0 Å². The first kappa shape index (κ1) is 18.0. The molecule has 1 heterocycles. The third-order valence-corrected chi connectivity index (χ3v) is 5.88. The molecule has 3 rings (SSSR count). The van der Waals surface area contributed by atoms with Crippen LogP contribution in [0.15, 0.2) is 41.3 Å². The van der Waals surface area contributed by atoms with E-state index in [4.69, 9.17) is 23.2 Å². The molecule has 0 atom stereocenters. The first-order chi connectivity index (χ1) is 11.8. The topological polar surface area (TPSA) is 66.5 Å². The van der Waals surface area contributed by atoms with E-state index in [0.717, 1.165) is 6.07 Å². The number of carbonyl (C=O) groups is 1. The summed E-state index contributed by atoms with van der Waals surface area (Å²) >= 11 is 11.6. The molecule has 9 heteroatoms. The Bertz CT molecular complexity index is 950. The normalized spacial score (nSPS) is 14.8. The smallest absolute Gasteiger partial charge is 0.261 e. The summed E-state index contributed by atoms with van der Waals surface area (Å²) in [6, 6.07) is 7.69. The van der Waals surface area contributed by atoms with Crippen molar-refractivity contribution in [3.63, 3.8) is 0 Å². The van der Waals surface area contributed by atoms with Crippen LogP contribution in [0.25, 0.3) is 0 Å². The maximum Gasteiger partial charge on any atom is 0.261 e. The van der Waals surface area contributed by atoms with Gasteiger partial charge in [-0.1, -0.05) is 23.2 Å². The van der Waals surface area contributed by atoms with Crippen molar-refractivity contribution in [2.24, 2.45) is 0 Å². The number of sulfonamides is 1. The average molecular weight is 403 g/mol. The second-order valence-corrected chi connectivity index (χ2v) is 7.99. The monoisotopic (exact) mass is 402 g/mol. The predicted molar refractivity (Wildman–Crippen MR) is 95.3 cm³/mol. The molecule has 25 heavy (non-hydrogen) atoms. The number of benzene rings is 2. The Balaban J connectivity index is 1.86. The minimum Gasteiger partial charge on any atom is -0.310 e. The molecular weight excluding hydrogens is 390 g/mol. The lowest BCUT2D eigenvalue weighted by molar-refractivity contribution is -0.117. The van der Waals surface area contributed by atoms with Gasteiger partial charge < -0.3 is 4.90 Å². The zero-order valence-corrected chi connectivity index (χ0v) is 15.1. The zero-order valence-electron chi connectivity index (χ0n) is 12.8. The Labute approximate surface area is 154 Å². The molecule has 0 aliphatic carbocycles. The maximum atomic E-state index is 14.3. The molecule has 5 nitrogen and oxygen atoms in total. The first-order valence-electron chi connectivity index (χ1n) is 7.36. The van der Waals surface area contributed by atoms with Crippen molar-refractivity contribution in [2.75, 3.05) is 16.2 Å². The van der Waals surface area contributed by atoms with Crippen LogP contribution in [-0.2, 0) is 14.8 Å². The largest absolute Gasteiger partial charge is 0.310 e. The molecule has 1 saturated heterocycles. The van der Waals surface area contributed by atoms with Gasteiger partial charge in [-0.05, 0) is 36.8 Å². The summed E-state index contributed by atoms with van der Waals surface area (Å²) < 4.78 is 41.3. The van der Waals surface area contributed by atoms with Crippen molar-refractivity contribution in [3.05, 3.63) is 52.3 Å². The molecule has 0 saturated carbocycles. The van der Waals surface area contributed by atoms with Gasteiger partial charge in [-0.2, -0.15) is 0 Å². The number of amides is 1. The zero-order chi connectivity index (χ0) is 18.2. The highest BCUT2D eigenvalue weighted by Gasteiger charge is 2.24. The maximum absolute atomic E-state index is 14.3. The van der Waals surface area contributed by atoms with E-state index in [1.807, 2.05) is 0 Å². The van der Waals surface area contributed by atoms with Crippen LogP contribution in [0.5, 0.6) is 0 Å². The van der Waals surface area contributed by atoms with Crippen LogP contribution in [0, 0.1) is 5.82 Å². The van der Waals surface area contributed by atoms with E-state index >= 15 is 0 Å². The van der Waals surface area contributed by atoms with Gasteiger partial charge in [0.1, 0.15) is 5.82 Å². The Kier molecular flexibility index (Phi) is 4.90. The van der Waals surface area contributed by atoms with E-state index in [9.17, 15) is 17.6 Å². The Morgan fingerprint density at radius 3 is 2.44 bits per heavy atom. The van der Waals surface area contributed by atoms with Crippen LogP contribution in [0.1, 0.15) is 12.8 Å². The average Bonchev–Trinajstić information content (AvgIpc) is 2.95. The Morgan fingerprint density at radius 1 is 1.08 bits per heavy atom. The van der Waals surface area contributed by atoms with Gasteiger partial charge in [-0.3, -0.25) is 9.52 Å². The van der Waals surface area contributed by atoms with Crippen LogP contribution >= 0.6 is 23.2 Å². The second-order valence-electron chi connectivity index (χ2n) is 5.50. The summed E-state index contributed by atoms with van der Waals surface area (Å²) in [5, 5.41) is 0.324. The number of hydrogen-bond donors (Lipinski definition) is 1. The molecule has 0 spiro atoms. The molecule has 1 aliphatic rings. The lowest BCUT2D eigenvalue weighted by Crippen LogP contribution is -2.24.